The summed E-state index contributed by atoms with van der Waals surface area (Å²) < 4.78 is 4.82. The van der Waals surface area contributed by atoms with E-state index in [1.165, 1.54) is 0 Å². The number of carbonyl (C=O) groups is 1. The number of ether oxygens (including phenoxy) is 1. The van der Waals surface area contributed by atoms with Gasteiger partial charge in [-0.25, -0.2) is 9.97 Å². The van der Waals surface area contributed by atoms with Crippen molar-refractivity contribution in [3.05, 3.63) is 18.0 Å². The van der Waals surface area contributed by atoms with Gasteiger partial charge in [-0.05, 0) is 19.4 Å². The first-order valence-electron chi connectivity index (χ1n) is 4.79. The van der Waals surface area contributed by atoms with Crippen LogP contribution in [0, 0.1) is 6.92 Å². The lowest BCUT2D eigenvalue weighted by Crippen LogP contribution is -2.28. The molecule has 0 aliphatic heterocycles. The topological polar surface area (TPSA) is 55.3 Å². The highest BCUT2D eigenvalue weighted by Crippen LogP contribution is 2.03. The first-order valence-corrected chi connectivity index (χ1v) is 4.79. The molecule has 15 heavy (non-hydrogen) atoms. The molecule has 0 spiro atoms. The zero-order valence-corrected chi connectivity index (χ0v) is 9.23. The second-order valence-electron chi connectivity index (χ2n) is 3.22. The van der Waals surface area contributed by atoms with E-state index in [0.717, 1.165) is 5.56 Å². The number of esters is 1. The number of nitrogens with zero attached hydrogens (tertiary/aromatic N) is 3. The van der Waals surface area contributed by atoms with Gasteiger partial charge in [0.25, 0.3) is 0 Å². The van der Waals surface area contributed by atoms with Crippen molar-refractivity contribution in [3.8, 4) is 0 Å². The van der Waals surface area contributed by atoms with E-state index in [1.807, 2.05) is 6.92 Å². The van der Waals surface area contributed by atoms with Crippen LogP contribution in [-0.2, 0) is 9.53 Å². The van der Waals surface area contributed by atoms with Crippen LogP contribution < -0.4 is 4.90 Å². The predicted octanol–water partition coefficient (Wildman–Crippen LogP) is 0.784. The third-order valence-corrected chi connectivity index (χ3v) is 1.78. The standard InChI is InChI=1S/C10H15N3O2/c1-4-15-9(14)7-13(3)10-11-5-8(2)6-12-10/h5-6H,4,7H2,1-3H3. The predicted molar refractivity (Wildman–Crippen MR) is 56.7 cm³/mol. The molecule has 1 heterocycles. The Balaban J connectivity index is 2.57. The van der Waals surface area contributed by atoms with Crippen LogP contribution in [0.15, 0.2) is 12.4 Å². The number of anilines is 1. The average molecular weight is 209 g/mol. The van der Waals surface area contributed by atoms with E-state index in [4.69, 9.17) is 4.74 Å². The number of hydrogen-bond donors (Lipinski definition) is 0. The fourth-order valence-corrected chi connectivity index (χ4v) is 1.05. The molecule has 0 N–H and O–H groups in total. The van der Waals surface area contributed by atoms with Gasteiger partial charge in [-0.3, -0.25) is 4.79 Å². The second-order valence-corrected chi connectivity index (χ2v) is 3.22. The van der Waals surface area contributed by atoms with Gasteiger partial charge in [0.05, 0.1) is 6.61 Å². The minimum atomic E-state index is -0.274. The molecule has 0 saturated heterocycles. The number of carbonyl (C=O) groups excluding carboxylic acids is 1. The van der Waals surface area contributed by atoms with Crippen molar-refractivity contribution in [2.75, 3.05) is 25.1 Å². The van der Waals surface area contributed by atoms with E-state index in [9.17, 15) is 4.79 Å². The lowest BCUT2D eigenvalue weighted by Gasteiger charge is -2.15. The molecule has 0 amide bonds. The molecule has 5 heteroatoms. The number of aromatic nitrogens is 2. The van der Waals surface area contributed by atoms with Crippen LogP contribution in [0.3, 0.4) is 0 Å². The van der Waals surface area contributed by atoms with Gasteiger partial charge in [0.15, 0.2) is 0 Å². The molecule has 0 aliphatic rings. The number of likely N-dealkylation sites (N-methyl/N-ethyl adjacent to an activating group) is 1. The van der Waals surface area contributed by atoms with Gasteiger partial charge < -0.3 is 9.64 Å². The molecular formula is C10H15N3O2. The maximum atomic E-state index is 11.2. The Bertz CT molecular complexity index is 324. The molecule has 1 aromatic rings. The van der Waals surface area contributed by atoms with Crippen LogP contribution in [-0.4, -0.2) is 36.1 Å². The zero-order chi connectivity index (χ0) is 11.3. The summed E-state index contributed by atoms with van der Waals surface area (Å²) in [6, 6.07) is 0. The van der Waals surface area contributed by atoms with E-state index < -0.39 is 0 Å². The van der Waals surface area contributed by atoms with Gasteiger partial charge in [-0.2, -0.15) is 0 Å². The van der Waals surface area contributed by atoms with Crippen LogP contribution in [0.2, 0.25) is 0 Å². The smallest absolute Gasteiger partial charge is 0.325 e. The summed E-state index contributed by atoms with van der Waals surface area (Å²) >= 11 is 0. The lowest BCUT2D eigenvalue weighted by atomic mass is 10.4. The van der Waals surface area contributed by atoms with Gasteiger partial charge in [0, 0.05) is 19.4 Å². The van der Waals surface area contributed by atoms with Crippen molar-refractivity contribution in [1.82, 2.24) is 9.97 Å². The summed E-state index contributed by atoms with van der Waals surface area (Å²) in [5.74, 6) is 0.248. The molecule has 82 valence electrons. The minimum Gasteiger partial charge on any atom is -0.465 e. The minimum absolute atomic E-state index is 0.164. The van der Waals surface area contributed by atoms with Crippen molar-refractivity contribution in [3.63, 3.8) is 0 Å². The maximum absolute atomic E-state index is 11.2. The third-order valence-electron chi connectivity index (χ3n) is 1.78. The fraction of sp³-hybridized carbons (Fsp3) is 0.500. The molecule has 0 saturated carbocycles. The van der Waals surface area contributed by atoms with E-state index in [0.29, 0.717) is 12.6 Å². The van der Waals surface area contributed by atoms with Crippen LogP contribution in [0.25, 0.3) is 0 Å². The van der Waals surface area contributed by atoms with Crippen LogP contribution in [0.5, 0.6) is 0 Å². The molecule has 5 nitrogen and oxygen atoms in total. The van der Waals surface area contributed by atoms with E-state index in [2.05, 4.69) is 9.97 Å². The Morgan fingerprint density at radius 1 is 1.47 bits per heavy atom. The monoisotopic (exact) mass is 209 g/mol. The first kappa shape index (κ1) is 11.4. The molecule has 1 rings (SSSR count). The first-order chi connectivity index (χ1) is 7.13. The van der Waals surface area contributed by atoms with E-state index in [1.54, 1.807) is 31.3 Å². The van der Waals surface area contributed by atoms with Crippen molar-refractivity contribution >= 4 is 11.9 Å². The summed E-state index contributed by atoms with van der Waals surface area (Å²) in [6.45, 7) is 4.24. The molecule has 0 atom stereocenters. The number of aryl methyl sites for hydroxylation is 1. The quantitative estimate of drug-likeness (QED) is 0.686. The number of hydrogen-bond acceptors (Lipinski definition) is 5. The van der Waals surface area contributed by atoms with Crippen molar-refractivity contribution in [1.29, 1.82) is 0 Å². The fourth-order valence-electron chi connectivity index (χ4n) is 1.05. The van der Waals surface area contributed by atoms with Crippen LogP contribution >= 0.6 is 0 Å². The summed E-state index contributed by atoms with van der Waals surface area (Å²) in [6.07, 6.45) is 3.42. The molecule has 0 fully saturated rings. The molecule has 0 radical (unpaired) electrons. The molecular weight excluding hydrogens is 194 g/mol. The van der Waals surface area contributed by atoms with Gasteiger partial charge in [0.2, 0.25) is 5.95 Å². The van der Waals surface area contributed by atoms with Crippen LogP contribution in [0.1, 0.15) is 12.5 Å². The van der Waals surface area contributed by atoms with E-state index >= 15 is 0 Å². The normalized spacial score (nSPS) is 9.80. The highest BCUT2D eigenvalue weighted by molar-refractivity contribution is 5.74. The molecule has 0 unspecified atom stereocenters. The zero-order valence-electron chi connectivity index (χ0n) is 9.23. The number of rotatable bonds is 4. The highest BCUT2D eigenvalue weighted by Gasteiger charge is 2.09. The Labute approximate surface area is 89.1 Å². The highest BCUT2D eigenvalue weighted by atomic mass is 16.5. The molecule has 0 aliphatic carbocycles. The summed E-state index contributed by atoms with van der Waals surface area (Å²) in [5.41, 5.74) is 0.989. The summed E-state index contributed by atoms with van der Waals surface area (Å²) in [5, 5.41) is 0. The Kier molecular flexibility index (Phi) is 4.03. The maximum Gasteiger partial charge on any atom is 0.325 e. The average Bonchev–Trinajstić information content (AvgIpc) is 2.18. The van der Waals surface area contributed by atoms with Gasteiger partial charge in [0.1, 0.15) is 6.54 Å². The van der Waals surface area contributed by atoms with Crippen LogP contribution in [0.4, 0.5) is 5.95 Å². The largest absolute Gasteiger partial charge is 0.465 e. The van der Waals surface area contributed by atoms with Crippen molar-refractivity contribution < 1.29 is 9.53 Å². The summed E-state index contributed by atoms with van der Waals surface area (Å²) in [7, 11) is 1.75. The molecule has 1 aromatic heterocycles. The lowest BCUT2D eigenvalue weighted by molar-refractivity contribution is -0.141. The van der Waals surface area contributed by atoms with Gasteiger partial charge >= 0.3 is 5.97 Å². The molecule has 0 aromatic carbocycles. The van der Waals surface area contributed by atoms with Crippen molar-refractivity contribution in [2.24, 2.45) is 0 Å². The molecule has 0 bridgehead atoms. The SMILES string of the molecule is CCOC(=O)CN(C)c1ncc(C)cn1. The van der Waals surface area contributed by atoms with Gasteiger partial charge in [-0.1, -0.05) is 0 Å². The Morgan fingerprint density at radius 3 is 2.60 bits per heavy atom. The Morgan fingerprint density at radius 2 is 2.07 bits per heavy atom. The third kappa shape index (κ3) is 3.53. The van der Waals surface area contributed by atoms with Crippen molar-refractivity contribution in [2.45, 2.75) is 13.8 Å². The Hall–Kier alpha value is -1.65. The second kappa shape index (κ2) is 5.29. The van der Waals surface area contributed by atoms with E-state index in [-0.39, 0.29) is 12.5 Å². The summed E-state index contributed by atoms with van der Waals surface area (Å²) in [4.78, 5) is 21.0. The van der Waals surface area contributed by atoms with Gasteiger partial charge in [-0.15, -0.1) is 0 Å².